The molecular weight excluding hydrogens is 318 g/mol. The second kappa shape index (κ2) is 7.10. The molecule has 1 saturated heterocycles. The van der Waals surface area contributed by atoms with Crippen molar-refractivity contribution in [3.8, 4) is 11.4 Å². The van der Waals surface area contributed by atoms with Gasteiger partial charge in [0.15, 0.2) is 0 Å². The molecule has 1 aliphatic heterocycles. The van der Waals surface area contributed by atoms with Gasteiger partial charge in [0.2, 0.25) is 11.7 Å². The smallest absolute Gasteiger partial charge is 0.307 e. The summed E-state index contributed by atoms with van der Waals surface area (Å²) in [7, 11) is 0. The Morgan fingerprint density at radius 3 is 2.83 bits per heavy atom. The molecule has 1 fully saturated rings. The van der Waals surface area contributed by atoms with E-state index in [9.17, 15) is 4.79 Å². The Morgan fingerprint density at radius 1 is 1.43 bits per heavy atom. The van der Waals surface area contributed by atoms with Gasteiger partial charge in [0.1, 0.15) is 0 Å². The molecule has 23 heavy (non-hydrogen) atoms. The van der Waals surface area contributed by atoms with Gasteiger partial charge < -0.3 is 9.63 Å². The standard InChI is InChI=1S/C16H19N3O3.ClH/c1-10-5-3-4-6-13(10)14-17-15(22-18-14)11(2)19-8-7-12(9-19)16(20)21;/h3-6,11-12H,7-9H2,1-2H3,(H,20,21);1H. The third kappa shape index (κ3) is 3.54. The molecule has 0 bridgehead atoms. The highest BCUT2D eigenvalue weighted by atomic mass is 35.5. The Balaban J connectivity index is 0.00000192. The quantitative estimate of drug-likeness (QED) is 0.924. The number of rotatable bonds is 4. The SMILES string of the molecule is Cc1ccccc1-c1noc(C(C)N2CCC(C(=O)O)C2)n1.Cl. The summed E-state index contributed by atoms with van der Waals surface area (Å²) in [4.78, 5) is 17.6. The van der Waals surface area contributed by atoms with Crippen LogP contribution in [-0.4, -0.2) is 39.2 Å². The van der Waals surface area contributed by atoms with E-state index in [-0.39, 0.29) is 24.4 Å². The number of benzene rings is 1. The summed E-state index contributed by atoms with van der Waals surface area (Å²) in [5, 5.41) is 13.2. The van der Waals surface area contributed by atoms with Gasteiger partial charge in [0.25, 0.3) is 0 Å². The molecule has 0 amide bonds. The number of carboxylic acid groups (broad SMARTS) is 1. The lowest BCUT2D eigenvalue weighted by atomic mass is 10.1. The second-order valence-corrected chi connectivity index (χ2v) is 5.77. The van der Waals surface area contributed by atoms with Crippen LogP contribution in [-0.2, 0) is 4.79 Å². The van der Waals surface area contributed by atoms with E-state index in [1.165, 1.54) is 0 Å². The van der Waals surface area contributed by atoms with Gasteiger partial charge in [-0.25, -0.2) is 0 Å². The molecule has 2 aromatic rings. The first-order valence-corrected chi connectivity index (χ1v) is 7.42. The number of carbonyl (C=O) groups is 1. The number of aromatic nitrogens is 2. The van der Waals surface area contributed by atoms with Crippen LogP contribution in [0.25, 0.3) is 11.4 Å². The maximum Gasteiger partial charge on any atom is 0.307 e. The van der Waals surface area contributed by atoms with Crippen molar-refractivity contribution in [3.05, 3.63) is 35.7 Å². The Labute approximate surface area is 140 Å². The molecule has 1 N–H and O–H groups in total. The number of hydrogen-bond donors (Lipinski definition) is 1. The fourth-order valence-electron chi connectivity index (χ4n) is 2.83. The normalized spacial score (nSPS) is 19.3. The maximum atomic E-state index is 11.1. The van der Waals surface area contributed by atoms with Gasteiger partial charge in [-0.1, -0.05) is 29.4 Å². The average molecular weight is 338 g/mol. The first kappa shape index (κ1) is 17.4. The largest absolute Gasteiger partial charge is 0.481 e. The fraction of sp³-hybridized carbons (Fsp3) is 0.438. The molecule has 6 nitrogen and oxygen atoms in total. The van der Waals surface area contributed by atoms with E-state index < -0.39 is 5.97 Å². The molecule has 2 atom stereocenters. The van der Waals surface area contributed by atoms with Crippen LogP contribution in [0.3, 0.4) is 0 Å². The van der Waals surface area contributed by atoms with Crippen LogP contribution in [0, 0.1) is 12.8 Å². The lowest BCUT2D eigenvalue weighted by molar-refractivity contribution is -0.141. The van der Waals surface area contributed by atoms with E-state index in [0.29, 0.717) is 24.7 Å². The van der Waals surface area contributed by atoms with Crippen LogP contribution in [0.1, 0.15) is 30.8 Å². The Hall–Kier alpha value is -1.92. The van der Waals surface area contributed by atoms with Crippen molar-refractivity contribution in [2.45, 2.75) is 26.3 Å². The fourth-order valence-corrected chi connectivity index (χ4v) is 2.83. The lowest BCUT2D eigenvalue weighted by Gasteiger charge is -2.20. The molecule has 7 heteroatoms. The first-order valence-electron chi connectivity index (χ1n) is 7.42. The Bertz CT molecular complexity index is 689. The molecule has 2 heterocycles. The average Bonchev–Trinajstić information content (AvgIpc) is 3.17. The topological polar surface area (TPSA) is 79.5 Å². The van der Waals surface area contributed by atoms with Crippen LogP contribution >= 0.6 is 12.4 Å². The van der Waals surface area contributed by atoms with Crippen LogP contribution < -0.4 is 0 Å². The molecule has 0 radical (unpaired) electrons. The molecule has 0 aliphatic carbocycles. The number of nitrogens with zero attached hydrogens (tertiary/aromatic N) is 3. The predicted octanol–water partition coefficient (Wildman–Crippen LogP) is 2.93. The first-order chi connectivity index (χ1) is 10.6. The number of carboxylic acids is 1. The number of likely N-dealkylation sites (tertiary alicyclic amines) is 1. The molecular formula is C16H20ClN3O3. The summed E-state index contributed by atoms with van der Waals surface area (Å²) in [6.45, 7) is 5.24. The van der Waals surface area contributed by atoms with Crippen LogP contribution in [0.15, 0.2) is 28.8 Å². The van der Waals surface area contributed by atoms with Crippen molar-refractivity contribution in [2.24, 2.45) is 5.92 Å². The van der Waals surface area contributed by atoms with Crippen LogP contribution in [0.2, 0.25) is 0 Å². The highest BCUT2D eigenvalue weighted by Gasteiger charge is 2.33. The van der Waals surface area contributed by atoms with Gasteiger partial charge in [0, 0.05) is 12.1 Å². The zero-order valence-corrected chi connectivity index (χ0v) is 13.9. The van der Waals surface area contributed by atoms with Crippen LogP contribution in [0.4, 0.5) is 0 Å². The zero-order chi connectivity index (χ0) is 15.7. The van der Waals surface area contributed by atoms with Gasteiger partial charge in [-0.15, -0.1) is 12.4 Å². The minimum atomic E-state index is -0.735. The Kier molecular flexibility index (Phi) is 5.38. The summed E-state index contributed by atoms with van der Waals surface area (Å²) in [5.41, 5.74) is 2.05. The lowest BCUT2D eigenvalue weighted by Crippen LogP contribution is -2.26. The van der Waals surface area contributed by atoms with Gasteiger partial charge in [-0.2, -0.15) is 4.98 Å². The van der Waals surface area contributed by atoms with E-state index in [2.05, 4.69) is 15.0 Å². The minimum absolute atomic E-state index is 0. The third-order valence-electron chi connectivity index (χ3n) is 4.30. The summed E-state index contributed by atoms with van der Waals surface area (Å²) in [6, 6.07) is 7.81. The van der Waals surface area contributed by atoms with E-state index in [1.54, 1.807) is 0 Å². The van der Waals surface area contributed by atoms with Crippen molar-refractivity contribution in [1.82, 2.24) is 15.0 Å². The number of aliphatic carboxylic acids is 1. The van der Waals surface area contributed by atoms with Gasteiger partial charge >= 0.3 is 5.97 Å². The minimum Gasteiger partial charge on any atom is -0.481 e. The molecule has 124 valence electrons. The number of halogens is 1. The van der Waals surface area contributed by atoms with Crippen molar-refractivity contribution >= 4 is 18.4 Å². The third-order valence-corrected chi connectivity index (χ3v) is 4.30. The molecule has 1 aliphatic rings. The highest BCUT2D eigenvalue weighted by Crippen LogP contribution is 2.28. The zero-order valence-electron chi connectivity index (χ0n) is 13.1. The molecule has 0 spiro atoms. The summed E-state index contributed by atoms with van der Waals surface area (Å²) < 4.78 is 5.39. The molecule has 2 unspecified atom stereocenters. The molecule has 0 saturated carbocycles. The monoisotopic (exact) mass is 337 g/mol. The molecule has 3 rings (SSSR count). The van der Waals surface area contributed by atoms with E-state index in [4.69, 9.17) is 9.63 Å². The van der Waals surface area contributed by atoms with E-state index in [0.717, 1.165) is 17.7 Å². The van der Waals surface area contributed by atoms with Crippen molar-refractivity contribution in [1.29, 1.82) is 0 Å². The number of aryl methyl sites for hydroxylation is 1. The van der Waals surface area contributed by atoms with Crippen LogP contribution in [0.5, 0.6) is 0 Å². The van der Waals surface area contributed by atoms with Gasteiger partial charge in [0.05, 0.1) is 12.0 Å². The summed E-state index contributed by atoms with van der Waals surface area (Å²) in [6.07, 6.45) is 0.665. The Morgan fingerprint density at radius 2 is 2.17 bits per heavy atom. The van der Waals surface area contributed by atoms with E-state index in [1.807, 2.05) is 38.1 Å². The maximum absolute atomic E-state index is 11.1. The molecule has 1 aromatic carbocycles. The van der Waals surface area contributed by atoms with Gasteiger partial charge in [-0.3, -0.25) is 9.69 Å². The van der Waals surface area contributed by atoms with Crippen molar-refractivity contribution in [3.63, 3.8) is 0 Å². The summed E-state index contributed by atoms with van der Waals surface area (Å²) >= 11 is 0. The second-order valence-electron chi connectivity index (χ2n) is 5.77. The molecule has 1 aromatic heterocycles. The predicted molar refractivity (Wildman–Crippen MR) is 87.4 cm³/mol. The number of hydrogen-bond acceptors (Lipinski definition) is 5. The van der Waals surface area contributed by atoms with E-state index >= 15 is 0 Å². The van der Waals surface area contributed by atoms with Gasteiger partial charge in [-0.05, 0) is 32.4 Å². The summed E-state index contributed by atoms with van der Waals surface area (Å²) in [5.74, 6) is 0.0697. The highest BCUT2D eigenvalue weighted by molar-refractivity contribution is 5.85. The van der Waals surface area contributed by atoms with Crippen molar-refractivity contribution < 1.29 is 14.4 Å². The van der Waals surface area contributed by atoms with Crippen molar-refractivity contribution in [2.75, 3.05) is 13.1 Å².